The van der Waals surface area contributed by atoms with Crippen molar-refractivity contribution in [3.05, 3.63) is 41.5 Å². The monoisotopic (exact) mass is 218 g/mol. The van der Waals surface area contributed by atoms with Crippen LogP contribution in [0.1, 0.15) is 36.2 Å². The molecule has 1 rings (SSSR count). The van der Waals surface area contributed by atoms with Crippen LogP contribution in [0.4, 0.5) is 0 Å². The van der Waals surface area contributed by atoms with Crippen molar-refractivity contribution in [3.63, 3.8) is 0 Å². The van der Waals surface area contributed by atoms with Gasteiger partial charge in [0, 0.05) is 6.42 Å². The fourth-order valence-corrected chi connectivity index (χ4v) is 1.38. The predicted octanol–water partition coefficient (Wildman–Crippen LogP) is 3.54. The highest BCUT2D eigenvalue weighted by molar-refractivity contribution is 5.97. The summed E-state index contributed by atoms with van der Waals surface area (Å²) in [6, 6.07) is 5.66. The molecule has 0 heterocycles. The zero-order chi connectivity index (χ0) is 12.1. The predicted molar refractivity (Wildman–Crippen MR) is 66.1 cm³/mol. The fraction of sp³-hybridized carbons (Fsp3) is 0.357. The van der Waals surface area contributed by atoms with Gasteiger partial charge in [-0.1, -0.05) is 17.2 Å². The summed E-state index contributed by atoms with van der Waals surface area (Å²) in [5.74, 6) is 0.702. The summed E-state index contributed by atoms with van der Waals surface area (Å²) in [6.45, 7) is 9.86. The maximum Gasteiger partial charge on any atom is 0.163 e. The number of Topliss-reactive ketones (excluding diaryl/α,β-unsaturated/α-hetero) is 1. The third-order valence-electron chi connectivity index (χ3n) is 2.30. The summed E-state index contributed by atoms with van der Waals surface area (Å²) in [6.07, 6.45) is 0.811. The Hall–Kier alpha value is -1.57. The van der Waals surface area contributed by atoms with E-state index in [1.54, 1.807) is 6.92 Å². The Bertz CT molecular complexity index is 405. The third kappa shape index (κ3) is 3.54. The van der Waals surface area contributed by atoms with Crippen molar-refractivity contribution < 1.29 is 9.53 Å². The van der Waals surface area contributed by atoms with Gasteiger partial charge in [0.15, 0.2) is 5.78 Å². The lowest BCUT2D eigenvalue weighted by atomic mass is 10.1. The van der Waals surface area contributed by atoms with Crippen LogP contribution in [0.25, 0.3) is 0 Å². The highest BCUT2D eigenvalue weighted by atomic mass is 16.5. The first-order chi connectivity index (χ1) is 7.50. The molecule has 0 unspecified atom stereocenters. The molecule has 2 nitrogen and oxygen atoms in total. The van der Waals surface area contributed by atoms with Crippen LogP contribution >= 0.6 is 0 Å². The van der Waals surface area contributed by atoms with E-state index < -0.39 is 0 Å². The summed E-state index contributed by atoms with van der Waals surface area (Å²) in [4.78, 5) is 11.4. The number of ether oxygens (including phenoxy) is 1. The van der Waals surface area contributed by atoms with Crippen LogP contribution in [0.3, 0.4) is 0 Å². The van der Waals surface area contributed by atoms with E-state index in [1.165, 1.54) is 0 Å². The summed E-state index contributed by atoms with van der Waals surface area (Å²) in [5.41, 5.74) is 2.80. The van der Waals surface area contributed by atoms with Crippen molar-refractivity contribution in [2.75, 3.05) is 6.61 Å². The maximum atomic E-state index is 11.4. The molecule has 0 N–H and O–H groups in total. The molecule has 86 valence electrons. The number of hydrogen-bond acceptors (Lipinski definition) is 2. The molecule has 0 aliphatic heterocycles. The SMILES string of the molecule is C=C(C)CCOc1ccc(C)cc1C(C)=O. The van der Waals surface area contributed by atoms with Crippen molar-refractivity contribution in [2.45, 2.75) is 27.2 Å². The van der Waals surface area contributed by atoms with Crippen molar-refractivity contribution in [2.24, 2.45) is 0 Å². The van der Waals surface area contributed by atoms with E-state index in [4.69, 9.17) is 4.74 Å². The summed E-state index contributed by atoms with van der Waals surface area (Å²) in [7, 11) is 0. The Labute approximate surface area is 96.9 Å². The maximum absolute atomic E-state index is 11.4. The number of carbonyl (C=O) groups is 1. The van der Waals surface area contributed by atoms with Gasteiger partial charge >= 0.3 is 0 Å². The fourth-order valence-electron chi connectivity index (χ4n) is 1.38. The van der Waals surface area contributed by atoms with Gasteiger partial charge in [0.05, 0.1) is 12.2 Å². The first kappa shape index (κ1) is 12.5. The number of hydrogen-bond donors (Lipinski definition) is 0. The second-order valence-electron chi connectivity index (χ2n) is 4.11. The highest BCUT2D eigenvalue weighted by Gasteiger charge is 2.08. The summed E-state index contributed by atoms with van der Waals surface area (Å²) in [5, 5.41) is 0. The molecule has 0 amide bonds. The van der Waals surface area contributed by atoms with E-state index in [0.717, 1.165) is 17.6 Å². The smallest absolute Gasteiger partial charge is 0.163 e. The molecule has 0 radical (unpaired) electrons. The Morgan fingerprint density at radius 2 is 2.06 bits per heavy atom. The zero-order valence-corrected chi connectivity index (χ0v) is 10.2. The Kier molecular flexibility index (Phi) is 4.29. The summed E-state index contributed by atoms with van der Waals surface area (Å²) < 4.78 is 5.58. The van der Waals surface area contributed by atoms with Gasteiger partial charge in [-0.25, -0.2) is 0 Å². The van der Waals surface area contributed by atoms with Gasteiger partial charge in [0.25, 0.3) is 0 Å². The van der Waals surface area contributed by atoms with Crippen LogP contribution in [0.5, 0.6) is 5.75 Å². The molecule has 0 spiro atoms. The molecule has 0 atom stereocenters. The van der Waals surface area contributed by atoms with Gasteiger partial charge in [0.1, 0.15) is 5.75 Å². The van der Waals surface area contributed by atoms with Gasteiger partial charge in [-0.15, -0.1) is 6.58 Å². The largest absolute Gasteiger partial charge is 0.493 e. The van der Waals surface area contributed by atoms with Gasteiger partial charge < -0.3 is 4.74 Å². The average Bonchev–Trinajstić information content (AvgIpc) is 2.19. The first-order valence-electron chi connectivity index (χ1n) is 5.39. The lowest BCUT2D eigenvalue weighted by Gasteiger charge is -2.10. The van der Waals surface area contributed by atoms with Gasteiger partial charge in [-0.3, -0.25) is 4.79 Å². The molecule has 0 saturated carbocycles. The van der Waals surface area contributed by atoms with Gasteiger partial charge in [0.2, 0.25) is 0 Å². The molecule has 1 aromatic carbocycles. The third-order valence-corrected chi connectivity index (χ3v) is 2.30. The molecule has 16 heavy (non-hydrogen) atoms. The topological polar surface area (TPSA) is 26.3 Å². The molecule has 2 heteroatoms. The standard InChI is InChI=1S/C14H18O2/c1-10(2)7-8-16-14-6-5-11(3)9-13(14)12(4)15/h5-6,9H,1,7-8H2,2-4H3. The summed E-state index contributed by atoms with van der Waals surface area (Å²) >= 11 is 0. The second kappa shape index (κ2) is 5.50. The van der Waals surface area contributed by atoms with Crippen molar-refractivity contribution >= 4 is 5.78 Å². The van der Waals surface area contributed by atoms with Crippen LogP contribution < -0.4 is 4.74 Å². The Balaban J connectivity index is 2.78. The number of carbonyl (C=O) groups excluding carboxylic acids is 1. The quantitative estimate of drug-likeness (QED) is 0.558. The van der Waals surface area contributed by atoms with E-state index >= 15 is 0 Å². The van der Waals surface area contributed by atoms with Crippen molar-refractivity contribution in [3.8, 4) is 5.75 Å². The minimum Gasteiger partial charge on any atom is -0.493 e. The van der Waals surface area contributed by atoms with E-state index in [9.17, 15) is 4.79 Å². The molecule has 0 saturated heterocycles. The van der Waals surface area contributed by atoms with Crippen molar-refractivity contribution in [1.82, 2.24) is 0 Å². The van der Waals surface area contributed by atoms with Crippen LogP contribution in [0.2, 0.25) is 0 Å². The minimum absolute atomic E-state index is 0.0361. The zero-order valence-electron chi connectivity index (χ0n) is 10.2. The lowest BCUT2D eigenvalue weighted by molar-refractivity contribution is 0.101. The molecule has 0 fully saturated rings. The van der Waals surface area contributed by atoms with Gasteiger partial charge in [-0.2, -0.15) is 0 Å². The van der Waals surface area contributed by atoms with Crippen molar-refractivity contribution in [1.29, 1.82) is 0 Å². The van der Waals surface area contributed by atoms with Crippen LogP contribution in [0.15, 0.2) is 30.4 Å². The molecule has 0 aliphatic rings. The molecule has 0 aliphatic carbocycles. The number of ketones is 1. The Morgan fingerprint density at radius 1 is 1.38 bits per heavy atom. The van der Waals surface area contributed by atoms with Gasteiger partial charge in [-0.05, 0) is 32.9 Å². The van der Waals surface area contributed by atoms with Crippen LogP contribution in [-0.2, 0) is 0 Å². The minimum atomic E-state index is 0.0361. The number of rotatable bonds is 5. The lowest BCUT2D eigenvalue weighted by Crippen LogP contribution is -2.03. The van der Waals surface area contributed by atoms with Crippen LogP contribution in [0, 0.1) is 6.92 Å². The molecular formula is C14H18O2. The van der Waals surface area contributed by atoms with E-state index in [-0.39, 0.29) is 5.78 Å². The Morgan fingerprint density at radius 3 is 2.62 bits per heavy atom. The highest BCUT2D eigenvalue weighted by Crippen LogP contribution is 2.21. The van der Waals surface area contributed by atoms with E-state index in [2.05, 4.69) is 6.58 Å². The number of aryl methyl sites for hydroxylation is 1. The molecular weight excluding hydrogens is 200 g/mol. The number of benzene rings is 1. The normalized spacial score (nSPS) is 9.94. The molecule has 1 aromatic rings. The van der Waals surface area contributed by atoms with E-state index in [1.807, 2.05) is 32.0 Å². The molecule has 0 aromatic heterocycles. The second-order valence-corrected chi connectivity index (χ2v) is 4.11. The van der Waals surface area contributed by atoms with Crippen LogP contribution in [-0.4, -0.2) is 12.4 Å². The first-order valence-corrected chi connectivity index (χ1v) is 5.39. The van der Waals surface area contributed by atoms with E-state index in [0.29, 0.717) is 17.9 Å². The average molecular weight is 218 g/mol. The molecule has 0 bridgehead atoms.